The number of hydrogen-bond donors (Lipinski definition) is 1. The van der Waals surface area contributed by atoms with Gasteiger partial charge in [-0.2, -0.15) is 0 Å². The highest BCUT2D eigenvalue weighted by molar-refractivity contribution is 9.10. The molecule has 0 aromatic heterocycles. The lowest BCUT2D eigenvalue weighted by Crippen LogP contribution is -2.41. The van der Waals surface area contributed by atoms with Crippen molar-refractivity contribution in [1.82, 2.24) is 5.32 Å². The molecule has 1 saturated carbocycles. The average Bonchev–Trinajstić information content (AvgIpc) is 2.43. The van der Waals surface area contributed by atoms with E-state index in [1.54, 1.807) is 12.1 Å². The molecule has 0 heterocycles. The van der Waals surface area contributed by atoms with Crippen molar-refractivity contribution in [1.29, 1.82) is 0 Å². The van der Waals surface area contributed by atoms with Crippen LogP contribution in [0, 0.1) is 5.82 Å². The number of nitrogens with one attached hydrogen (secondary N) is 1. The van der Waals surface area contributed by atoms with Crippen LogP contribution >= 0.6 is 15.9 Å². The minimum absolute atomic E-state index is 0.156. The summed E-state index contributed by atoms with van der Waals surface area (Å²) in [5.41, 5.74) is 2.55. The fourth-order valence-corrected chi connectivity index (χ4v) is 3.40. The highest BCUT2D eigenvalue weighted by Crippen LogP contribution is 2.38. The Morgan fingerprint density at radius 2 is 1.86 bits per heavy atom. The Bertz CT molecular complexity index is 605. The first-order chi connectivity index (χ1) is 10.1. The van der Waals surface area contributed by atoms with Gasteiger partial charge < -0.3 is 5.32 Å². The van der Waals surface area contributed by atoms with Crippen molar-refractivity contribution in [3.63, 3.8) is 0 Å². The fraction of sp³-hybridized carbons (Fsp3) is 0.333. The molecular formula is C18H19BrFN. The van der Waals surface area contributed by atoms with Crippen molar-refractivity contribution in [2.45, 2.75) is 37.8 Å². The molecule has 21 heavy (non-hydrogen) atoms. The Hall–Kier alpha value is -1.19. The van der Waals surface area contributed by atoms with E-state index in [1.807, 2.05) is 18.2 Å². The topological polar surface area (TPSA) is 12.0 Å². The molecule has 0 radical (unpaired) electrons. The van der Waals surface area contributed by atoms with Gasteiger partial charge in [-0.3, -0.25) is 0 Å². The summed E-state index contributed by atoms with van der Waals surface area (Å²) in [4.78, 5) is 0. The van der Waals surface area contributed by atoms with Crippen LogP contribution < -0.4 is 5.32 Å². The third-order valence-electron chi connectivity index (χ3n) is 4.31. The van der Waals surface area contributed by atoms with Crippen LogP contribution in [0.4, 0.5) is 4.39 Å². The summed E-state index contributed by atoms with van der Waals surface area (Å²) in [7, 11) is 0. The summed E-state index contributed by atoms with van der Waals surface area (Å²) in [6.07, 6.45) is 2.26. The van der Waals surface area contributed by atoms with Crippen LogP contribution in [0.2, 0.25) is 0 Å². The van der Waals surface area contributed by atoms with E-state index in [0.717, 1.165) is 17.3 Å². The monoisotopic (exact) mass is 347 g/mol. The molecule has 1 nitrogen and oxygen atoms in total. The first kappa shape index (κ1) is 14.7. The first-order valence-electron chi connectivity index (χ1n) is 7.39. The molecule has 0 spiro atoms. The predicted molar refractivity (Wildman–Crippen MR) is 87.9 cm³/mol. The molecule has 1 N–H and O–H groups in total. The maximum atomic E-state index is 12.9. The van der Waals surface area contributed by atoms with E-state index >= 15 is 0 Å². The number of hydrogen-bond acceptors (Lipinski definition) is 1. The highest BCUT2D eigenvalue weighted by atomic mass is 79.9. The summed E-state index contributed by atoms with van der Waals surface area (Å²) in [6, 6.07) is 16.3. The molecular weight excluding hydrogens is 329 g/mol. The lowest BCUT2D eigenvalue weighted by molar-refractivity contribution is 0.271. The normalized spacial score (nSPS) is 22.6. The molecule has 2 aromatic carbocycles. The van der Waals surface area contributed by atoms with Gasteiger partial charge in [-0.1, -0.05) is 40.2 Å². The SMILES string of the molecule is C[C@H](NC1CC(c2ccc(F)cc2)C1)c1cccc(Br)c1. The Morgan fingerprint density at radius 1 is 1.14 bits per heavy atom. The molecule has 3 rings (SSSR count). The van der Waals surface area contributed by atoms with E-state index in [1.165, 1.54) is 11.1 Å². The van der Waals surface area contributed by atoms with Gasteiger partial charge in [0.1, 0.15) is 5.82 Å². The third-order valence-corrected chi connectivity index (χ3v) is 4.81. The van der Waals surface area contributed by atoms with Gasteiger partial charge in [-0.05, 0) is 61.1 Å². The van der Waals surface area contributed by atoms with Crippen molar-refractivity contribution >= 4 is 15.9 Å². The van der Waals surface area contributed by atoms with Crippen LogP contribution in [0.3, 0.4) is 0 Å². The van der Waals surface area contributed by atoms with Gasteiger partial charge in [0.05, 0.1) is 0 Å². The van der Waals surface area contributed by atoms with Crippen molar-refractivity contribution in [2.75, 3.05) is 0 Å². The molecule has 0 aliphatic heterocycles. The van der Waals surface area contributed by atoms with Crippen LogP contribution in [0.1, 0.15) is 42.9 Å². The van der Waals surface area contributed by atoms with Crippen LogP contribution in [-0.2, 0) is 0 Å². The van der Waals surface area contributed by atoms with Gasteiger partial charge in [0, 0.05) is 16.6 Å². The van der Waals surface area contributed by atoms with Gasteiger partial charge >= 0.3 is 0 Å². The third kappa shape index (κ3) is 3.53. The number of halogens is 2. The molecule has 0 unspecified atom stereocenters. The molecule has 1 fully saturated rings. The molecule has 110 valence electrons. The zero-order valence-electron chi connectivity index (χ0n) is 12.0. The molecule has 1 atom stereocenters. The van der Waals surface area contributed by atoms with Crippen molar-refractivity contribution < 1.29 is 4.39 Å². The predicted octanol–water partition coefficient (Wildman–Crippen LogP) is 5.19. The summed E-state index contributed by atoms with van der Waals surface area (Å²) in [5, 5.41) is 3.68. The van der Waals surface area contributed by atoms with E-state index in [2.05, 4.69) is 46.4 Å². The second-order valence-corrected chi connectivity index (χ2v) is 6.78. The van der Waals surface area contributed by atoms with Crippen LogP contribution in [0.25, 0.3) is 0 Å². The summed E-state index contributed by atoms with van der Waals surface area (Å²) in [6.45, 7) is 2.20. The lowest BCUT2D eigenvalue weighted by atomic mass is 9.75. The molecule has 0 bridgehead atoms. The van der Waals surface area contributed by atoms with Gasteiger partial charge in [0.15, 0.2) is 0 Å². The molecule has 0 saturated heterocycles. The first-order valence-corrected chi connectivity index (χ1v) is 8.18. The smallest absolute Gasteiger partial charge is 0.123 e. The Labute approximate surface area is 133 Å². The Balaban J connectivity index is 1.54. The summed E-state index contributed by atoms with van der Waals surface area (Å²) < 4.78 is 14.0. The second-order valence-electron chi connectivity index (χ2n) is 5.86. The molecule has 2 aromatic rings. The van der Waals surface area contributed by atoms with Gasteiger partial charge in [0.25, 0.3) is 0 Å². The second kappa shape index (κ2) is 6.29. The van der Waals surface area contributed by atoms with Gasteiger partial charge in [-0.15, -0.1) is 0 Å². The fourth-order valence-electron chi connectivity index (χ4n) is 2.99. The Kier molecular flexibility index (Phi) is 4.41. The quantitative estimate of drug-likeness (QED) is 0.802. The van der Waals surface area contributed by atoms with Crippen LogP contribution in [0.5, 0.6) is 0 Å². The standard InChI is InChI=1S/C18H19BrFN/c1-12(14-3-2-4-16(19)9-14)21-18-10-15(11-18)13-5-7-17(20)8-6-13/h2-9,12,15,18,21H,10-11H2,1H3/t12-,15?,18?/m0/s1. The van der Waals surface area contributed by atoms with E-state index in [9.17, 15) is 4.39 Å². The maximum absolute atomic E-state index is 12.9. The summed E-state index contributed by atoms with van der Waals surface area (Å²) in [5.74, 6) is 0.411. The molecule has 3 heteroatoms. The van der Waals surface area contributed by atoms with E-state index in [-0.39, 0.29) is 5.82 Å². The van der Waals surface area contributed by atoms with E-state index in [0.29, 0.717) is 18.0 Å². The van der Waals surface area contributed by atoms with Crippen LogP contribution in [-0.4, -0.2) is 6.04 Å². The average molecular weight is 348 g/mol. The van der Waals surface area contributed by atoms with Crippen molar-refractivity contribution in [3.05, 3.63) is 69.9 Å². The summed E-state index contributed by atoms with van der Waals surface area (Å²) >= 11 is 3.52. The highest BCUT2D eigenvalue weighted by Gasteiger charge is 2.31. The van der Waals surface area contributed by atoms with Crippen LogP contribution in [0.15, 0.2) is 53.0 Å². The number of benzene rings is 2. The van der Waals surface area contributed by atoms with Crippen molar-refractivity contribution in [2.24, 2.45) is 0 Å². The molecule has 1 aliphatic rings. The minimum atomic E-state index is -0.156. The molecule has 0 amide bonds. The van der Waals surface area contributed by atoms with Crippen molar-refractivity contribution in [3.8, 4) is 0 Å². The van der Waals surface area contributed by atoms with E-state index in [4.69, 9.17) is 0 Å². The minimum Gasteiger partial charge on any atom is -0.307 e. The Morgan fingerprint density at radius 3 is 2.52 bits per heavy atom. The zero-order chi connectivity index (χ0) is 14.8. The number of rotatable bonds is 4. The maximum Gasteiger partial charge on any atom is 0.123 e. The van der Waals surface area contributed by atoms with Gasteiger partial charge in [0.2, 0.25) is 0 Å². The zero-order valence-corrected chi connectivity index (χ0v) is 13.6. The lowest BCUT2D eigenvalue weighted by Gasteiger charge is -2.38. The molecule has 1 aliphatic carbocycles. The van der Waals surface area contributed by atoms with E-state index < -0.39 is 0 Å². The largest absolute Gasteiger partial charge is 0.307 e. The van der Waals surface area contributed by atoms with Gasteiger partial charge in [-0.25, -0.2) is 4.39 Å².